The number of nitrogens with zero attached hydrogens (tertiary/aromatic N) is 1. The molecule has 2 aliphatic rings. The number of halogens is 3. The van der Waals surface area contributed by atoms with Crippen LogP contribution in [-0.2, 0) is 0 Å². The number of alkyl halides is 3. The van der Waals surface area contributed by atoms with Gasteiger partial charge in [0.1, 0.15) is 0 Å². The van der Waals surface area contributed by atoms with Gasteiger partial charge in [0.05, 0.1) is 6.54 Å². The van der Waals surface area contributed by atoms with E-state index in [-0.39, 0.29) is 6.04 Å². The van der Waals surface area contributed by atoms with Crippen LogP contribution in [0.3, 0.4) is 0 Å². The van der Waals surface area contributed by atoms with Crippen molar-refractivity contribution in [1.29, 1.82) is 0 Å². The van der Waals surface area contributed by atoms with E-state index in [9.17, 15) is 13.2 Å². The lowest BCUT2D eigenvalue weighted by atomic mass is 9.78. The third kappa shape index (κ3) is 4.12. The van der Waals surface area contributed by atoms with Gasteiger partial charge in [-0.2, -0.15) is 13.2 Å². The lowest BCUT2D eigenvalue weighted by Gasteiger charge is -2.45. The summed E-state index contributed by atoms with van der Waals surface area (Å²) in [4.78, 5) is 1.64. The van der Waals surface area contributed by atoms with Crippen molar-refractivity contribution < 1.29 is 13.2 Å². The zero-order chi connectivity index (χ0) is 13.2. The van der Waals surface area contributed by atoms with Crippen LogP contribution in [0.15, 0.2) is 0 Å². The quantitative estimate of drug-likeness (QED) is 0.760. The van der Waals surface area contributed by atoms with Crippen LogP contribution in [-0.4, -0.2) is 42.8 Å². The molecule has 0 aliphatic heterocycles. The predicted octanol–water partition coefficient (Wildman–Crippen LogP) is 2.79. The van der Waals surface area contributed by atoms with Crippen molar-refractivity contribution in [3.8, 4) is 0 Å². The van der Waals surface area contributed by atoms with E-state index in [1.54, 1.807) is 4.90 Å². The molecule has 0 aromatic heterocycles. The first-order valence-corrected chi connectivity index (χ1v) is 7.04. The zero-order valence-electron chi connectivity index (χ0n) is 11.0. The van der Waals surface area contributed by atoms with Gasteiger partial charge in [0, 0.05) is 12.1 Å². The molecule has 2 nitrogen and oxygen atoms in total. The van der Waals surface area contributed by atoms with E-state index >= 15 is 0 Å². The summed E-state index contributed by atoms with van der Waals surface area (Å²) >= 11 is 0. The summed E-state index contributed by atoms with van der Waals surface area (Å²) < 4.78 is 37.6. The lowest BCUT2D eigenvalue weighted by Crippen LogP contribution is -2.53. The highest BCUT2D eigenvalue weighted by Gasteiger charge is 2.40. The zero-order valence-corrected chi connectivity index (χ0v) is 11.0. The normalized spacial score (nSPS) is 28.5. The second kappa shape index (κ2) is 5.78. The molecule has 2 fully saturated rings. The van der Waals surface area contributed by atoms with E-state index in [0.717, 1.165) is 25.8 Å². The molecule has 106 valence electrons. The molecule has 2 saturated carbocycles. The summed E-state index contributed by atoms with van der Waals surface area (Å²) in [6.45, 7) is 2.66. The average molecular weight is 264 g/mol. The first-order chi connectivity index (χ1) is 8.49. The van der Waals surface area contributed by atoms with Gasteiger partial charge in [0.2, 0.25) is 0 Å². The van der Waals surface area contributed by atoms with E-state index in [2.05, 4.69) is 5.32 Å². The summed E-state index contributed by atoms with van der Waals surface area (Å²) in [5.41, 5.74) is 0. The SMILES string of the molecule is CCCN(CC(F)(F)F)C1CCC1CNC1CC1. The second-order valence-corrected chi connectivity index (χ2v) is 5.67. The molecule has 0 heterocycles. The minimum atomic E-state index is -4.07. The lowest BCUT2D eigenvalue weighted by molar-refractivity contribution is -0.158. The number of hydrogen-bond donors (Lipinski definition) is 1. The monoisotopic (exact) mass is 264 g/mol. The maximum atomic E-state index is 12.5. The summed E-state index contributed by atoms with van der Waals surface area (Å²) in [7, 11) is 0. The fraction of sp³-hybridized carbons (Fsp3) is 1.00. The van der Waals surface area contributed by atoms with Crippen molar-refractivity contribution >= 4 is 0 Å². The van der Waals surface area contributed by atoms with Crippen molar-refractivity contribution in [2.75, 3.05) is 19.6 Å². The Bertz CT molecular complexity index is 263. The van der Waals surface area contributed by atoms with Crippen LogP contribution in [0.4, 0.5) is 13.2 Å². The minimum absolute atomic E-state index is 0.137. The van der Waals surface area contributed by atoms with Gasteiger partial charge in [-0.15, -0.1) is 0 Å². The number of nitrogens with one attached hydrogen (secondary N) is 1. The number of rotatable bonds is 7. The van der Waals surface area contributed by atoms with E-state index in [1.807, 2.05) is 6.92 Å². The average Bonchev–Trinajstić information content (AvgIpc) is 2.97. The highest BCUT2D eigenvalue weighted by Crippen LogP contribution is 2.34. The van der Waals surface area contributed by atoms with Crippen molar-refractivity contribution in [3.63, 3.8) is 0 Å². The smallest absolute Gasteiger partial charge is 0.314 e. The predicted molar refractivity (Wildman–Crippen MR) is 65.5 cm³/mol. The number of hydrogen-bond acceptors (Lipinski definition) is 2. The molecule has 1 N–H and O–H groups in total. The Morgan fingerprint density at radius 1 is 1.17 bits per heavy atom. The van der Waals surface area contributed by atoms with E-state index < -0.39 is 12.7 Å². The van der Waals surface area contributed by atoms with Gasteiger partial charge in [-0.1, -0.05) is 6.92 Å². The Labute approximate surface area is 107 Å². The Kier molecular flexibility index (Phi) is 4.54. The molecule has 2 rings (SSSR count). The molecule has 2 atom stereocenters. The van der Waals surface area contributed by atoms with Crippen LogP contribution in [0, 0.1) is 5.92 Å². The van der Waals surface area contributed by atoms with Crippen LogP contribution in [0.2, 0.25) is 0 Å². The van der Waals surface area contributed by atoms with Gasteiger partial charge in [0.25, 0.3) is 0 Å². The summed E-state index contributed by atoms with van der Waals surface area (Å²) in [5, 5.41) is 3.44. The topological polar surface area (TPSA) is 15.3 Å². The third-order valence-corrected chi connectivity index (χ3v) is 3.99. The molecule has 0 spiro atoms. The Hall–Kier alpha value is -0.290. The Morgan fingerprint density at radius 2 is 1.89 bits per heavy atom. The van der Waals surface area contributed by atoms with Gasteiger partial charge in [-0.05, 0) is 51.1 Å². The van der Waals surface area contributed by atoms with Crippen LogP contribution in [0.25, 0.3) is 0 Å². The van der Waals surface area contributed by atoms with Gasteiger partial charge in [-0.25, -0.2) is 0 Å². The third-order valence-electron chi connectivity index (χ3n) is 3.99. The molecule has 0 radical (unpaired) electrons. The summed E-state index contributed by atoms with van der Waals surface area (Å²) in [5.74, 6) is 0.416. The van der Waals surface area contributed by atoms with Gasteiger partial charge in [0.15, 0.2) is 0 Å². The molecule has 0 aromatic rings. The molecular formula is C13H23F3N2. The van der Waals surface area contributed by atoms with Crippen molar-refractivity contribution in [2.45, 2.75) is 57.3 Å². The van der Waals surface area contributed by atoms with E-state index in [0.29, 0.717) is 18.5 Å². The van der Waals surface area contributed by atoms with E-state index in [4.69, 9.17) is 0 Å². The van der Waals surface area contributed by atoms with Crippen LogP contribution >= 0.6 is 0 Å². The first kappa shape index (κ1) is 14.1. The van der Waals surface area contributed by atoms with E-state index in [1.165, 1.54) is 12.8 Å². The van der Waals surface area contributed by atoms with Crippen LogP contribution in [0.5, 0.6) is 0 Å². The Balaban J connectivity index is 1.80. The van der Waals surface area contributed by atoms with Crippen molar-refractivity contribution in [3.05, 3.63) is 0 Å². The molecule has 0 amide bonds. The fourth-order valence-electron chi connectivity index (χ4n) is 2.76. The standard InChI is InChI=1S/C13H23F3N2/c1-2-7-18(9-13(14,15)16)12-6-3-10(12)8-17-11-4-5-11/h10-12,17H,2-9H2,1H3. The largest absolute Gasteiger partial charge is 0.401 e. The highest BCUT2D eigenvalue weighted by molar-refractivity contribution is 4.92. The van der Waals surface area contributed by atoms with Crippen LogP contribution < -0.4 is 5.32 Å². The maximum absolute atomic E-state index is 12.5. The molecule has 2 aliphatic carbocycles. The summed E-state index contributed by atoms with van der Waals surface area (Å²) in [6.07, 6.45) is 1.18. The molecule has 2 unspecified atom stereocenters. The second-order valence-electron chi connectivity index (χ2n) is 5.67. The van der Waals surface area contributed by atoms with Crippen molar-refractivity contribution in [2.24, 2.45) is 5.92 Å². The van der Waals surface area contributed by atoms with Crippen LogP contribution in [0.1, 0.15) is 39.0 Å². The molecular weight excluding hydrogens is 241 g/mol. The fourth-order valence-corrected chi connectivity index (χ4v) is 2.76. The summed E-state index contributed by atoms with van der Waals surface area (Å²) in [6, 6.07) is 0.784. The molecule has 18 heavy (non-hydrogen) atoms. The molecule has 0 saturated heterocycles. The van der Waals surface area contributed by atoms with Gasteiger partial charge < -0.3 is 5.32 Å². The minimum Gasteiger partial charge on any atom is -0.314 e. The maximum Gasteiger partial charge on any atom is 0.401 e. The Morgan fingerprint density at radius 3 is 2.33 bits per heavy atom. The molecule has 0 aromatic carbocycles. The van der Waals surface area contributed by atoms with Gasteiger partial charge in [-0.3, -0.25) is 4.90 Å². The highest BCUT2D eigenvalue weighted by atomic mass is 19.4. The molecule has 0 bridgehead atoms. The van der Waals surface area contributed by atoms with Crippen molar-refractivity contribution in [1.82, 2.24) is 10.2 Å². The molecule has 5 heteroatoms. The van der Waals surface area contributed by atoms with Gasteiger partial charge >= 0.3 is 6.18 Å². The first-order valence-electron chi connectivity index (χ1n) is 7.04.